The average Bonchev–Trinajstić information content (AvgIpc) is 2.91. The van der Waals surface area contributed by atoms with Crippen LogP contribution in [0.1, 0.15) is 11.1 Å². The summed E-state index contributed by atoms with van der Waals surface area (Å²) < 4.78 is 27.5. The molecule has 27 heavy (non-hydrogen) atoms. The number of rotatable bonds is 6. The molecule has 3 rings (SSSR count). The number of fused-ring (bicyclic) bond motifs is 1. The van der Waals surface area contributed by atoms with E-state index in [2.05, 4.69) is 11.6 Å². The highest BCUT2D eigenvalue weighted by Crippen LogP contribution is 2.19. The summed E-state index contributed by atoms with van der Waals surface area (Å²) in [6, 6.07) is 14.8. The first-order valence-corrected chi connectivity index (χ1v) is 11.0. The molecule has 7 heteroatoms. The normalized spacial score (nSPS) is 12.4. The molecule has 0 aliphatic carbocycles. The van der Waals surface area contributed by atoms with Crippen LogP contribution in [0.15, 0.2) is 66.2 Å². The maximum Gasteiger partial charge on any atom is 0.263 e. The van der Waals surface area contributed by atoms with Crippen LogP contribution in [0.2, 0.25) is 0 Å². The fraction of sp³-hybridized carbons (Fsp3) is 0.200. The Morgan fingerprint density at radius 2 is 1.96 bits per heavy atom. The van der Waals surface area contributed by atoms with Crippen LogP contribution in [0.5, 0.6) is 0 Å². The van der Waals surface area contributed by atoms with Crippen LogP contribution < -0.4 is 4.80 Å². The molecule has 0 atom stereocenters. The molecule has 3 aromatic rings. The number of thiazole rings is 1. The summed E-state index contributed by atoms with van der Waals surface area (Å²) in [6.07, 6.45) is 1.72. The molecule has 0 spiro atoms. The average molecular weight is 401 g/mol. The molecule has 0 fully saturated rings. The van der Waals surface area contributed by atoms with Crippen molar-refractivity contribution in [1.82, 2.24) is 4.57 Å². The molecule has 5 nitrogen and oxygen atoms in total. The lowest BCUT2D eigenvalue weighted by Gasteiger charge is -2.03. The molecule has 0 saturated carbocycles. The smallest absolute Gasteiger partial charge is 0.263 e. The van der Waals surface area contributed by atoms with Gasteiger partial charge in [0.05, 0.1) is 16.0 Å². The quantitative estimate of drug-likeness (QED) is 0.597. The lowest BCUT2D eigenvalue weighted by molar-refractivity contribution is -0.115. The molecule has 1 heterocycles. The zero-order valence-corrected chi connectivity index (χ0v) is 16.6. The van der Waals surface area contributed by atoms with Crippen molar-refractivity contribution in [1.29, 1.82) is 0 Å². The third kappa shape index (κ3) is 4.81. The second kappa shape index (κ2) is 8.02. The van der Waals surface area contributed by atoms with E-state index in [0.717, 1.165) is 15.8 Å². The minimum Gasteiger partial charge on any atom is -0.313 e. The van der Waals surface area contributed by atoms with Gasteiger partial charge >= 0.3 is 0 Å². The van der Waals surface area contributed by atoms with E-state index in [1.807, 2.05) is 35.8 Å². The van der Waals surface area contributed by atoms with Gasteiger partial charge in [-0.2, -0.15) is 4.99 Å². The number of aromatic nitrogens is 1. The van der Waals surface area contributed by atoms with Crippen LogP contribution in [0.4, 0.5) is 0 Å². The van der Waals surface area contributed by atoms with Gasteiger partial charge in [-0.25, -0.2) is 8.42 Å². The summed E-state index contributed by atoms with van der Waals surface area (Å²) in [7, 11) is -3.58. The predicted octanol–water partition coefficient (Wildman–Crippen LogP) is 3.24. The molecule has 0 saturated heterocycles. The maximum absolute atomic E-state index is 12.3. The summed E-state index contributed by atoms with van der Waals surface area (Å²) >= 11 is 1.37. The van der Waals surface area contributed by atoms with Crippen molar-refractivity contribution in [3.8, 4) is 0 Å². The number of nitrogens with zero attached hydrogens (tertiary/aromatic N) is 2. The van der Waals surface area contributed by atoms with Crippen LogP contribution >= 0.6 is 11.3 Å². The first-order valence-electron chi connectivity index (χ1n) is 8.41. The van der Waals surface area contributed by atoms with Gasteiger partial charge in [-0.1, -0.05) is 53.8 Å². The first-order chi connectivity index (χ1) is 12.9. The Balaban J connectivity index is 1.90. The Labute approximate surface area is 162 Å². The molecule has 1 aromatic heterocycles. The van der Waals surface area contributed by atoms with Crippen LogP contribution in [0, 0.1) is 6.92 Å². The molecule has 0 aliphatic heterocycles. The minimum absolute atomic E-state index is 0.173. The summed E-state index contributed by atoms with van der Waals surface area (Å²) in [6.45, 7) is 6.23. The number of hydrogen-bond acceptors (Lipinski definition) is 4. The molecule has 0 N–H and O–H groups in total. The van der Waals surface area contributed by atoms with E-state index in [1.54, 1.807) is 30.3 Å². The Morgan fingerprint density at radius 1 is 1.22 bits per heavy atom. The van der Waals surface area contributed by atoms with Crippen molar-refractivity contribution < 1.29 is 13.2 Å². The fourth-order valence-corrected chi connectivity index (χ4v) is 5.18. The van der Waals surface area contributed by atoms with E-state index in [0.29, 0.717) is 16.9 Å². The molecule has 0 unspecified atom stereocenters. The number of sulfone groups is 1. The van der Waals surface area contributed by atoms with Crippen molar-refractivity contribution in [2.24, 2.45) is 4.99 Å². The monoisotopic (exact) mass is 400 g/mol. The standard InChI is InChI=1S/C20H20N2O3S2/c1-3-11-22-17-10-9-15(2)12-18(17)26-20(22)21-19(23)14-27(24,25)13-16-7-5-4-6-8-16/h3-10,12H,1,11,13-14H2,2H3. The highest BCUT2D eigenvalue weighted by atomic mass is 32.2. The highest BCUT2D eigenvalue weighted by Gasteiger charge is 2.17. The van der Waals surface area contributed by atoms with Gasteiger partial charge in [0.2, 0.25) is 0 Å². The molecular formula is C20H20N2O3S2. The second-order valence-corrected chi connectivity index (χ2v) is 9.35. The van der Waals surface area contributed by atoms with Crippen molar-refractivity contribution >= 4 is 37.3 Å². The topological polar surface area (TPSA) is 68.5 Å². The maximum atomic E-state index is 12.3. The van der Waals surface area contributed by atoms with Gasteiger partial charge in [0.25, 0.3) is 5.91 Å². The summed E-state index contributed by atoms with van der Waals surface area (Å²) in [5.41, 5.74) is 2.71. The Kier molecular flexibility index (Phi) is 5.72. The van der Waals surface area contributed by atoms with Crippen LogP contribution in [0.3, 0.4) is 0 Å². The highest BCUT2D eigenvalue weighted by molar-refractivity contribution is 7.91. The van der Waals surface area contributed by atoms with Crippen LogP contribution in [0.25, 0.3) is 10.2 Å². The van der Waals surface area contributed by atoms with Crippen molar-refractivity contribution in [2.75, 3.05) is 5.75 Å². The first kappa shape index (κ1) is 19.3. The van der Waals surface area contributed by atoms with Gasteiger partial charge in [0, 0.05) is 6.54 Å². The lowest BCUT2D eigenvalue weighted by Crippen LogP contribution is -2.21. The largest absolute Gasteiger partial charge is 0.313 e. The van der Waals surface area contributed by atoms with Gasteiger partial charge in [-0.3, -0.25) is 4.79 Å². The number of aryl methyl sites for hydroxylation is 1. The number of carbonyl (C=O) groups is 1. The SMILES string of the molecule is C=CCn1c(=NC(=O)CS(=O)(=O)Cc2ccccc2)sc2cc(C)ccc21. The van der Waals surface area contributed by atoms with Crippen LogP contribution in [-0.2, 0) is 26.9 Å². The van der Waals surface area contributed by atoms with Gasteiger partial charge in [-0.15, -0.1) is 6.58 Å². The predicted molar refractivity (Wildman–Crippen MR) is 109 cm³/mol. The molecule has 0 aliphatic rings. The molecule has 0 bridgehead atoms. The van der Waals surface area contributed by atoms with Crippen molar-refractivity contribution in [3.63, 3.8) is 0 Å². The number of benzene rings is 2. The van der Waals surface area contributed by atoms with Gasteiger partial charge in [0.15, 0.2) is 14.6 Å². The molecule has 1 amide bonds. The van der Waals surface area contributed by atoms with Gasteiger partial charge in [0.1, 0.15) is 5.75 Å². The van der Waals surface area contributed by atoms with E-state index in [-0.39, 0.29) is 5.75 Å². The number of carbonyl (C=O) groups excluding carboxylic acids is 1. The summed E-state index contributed by atoms with van der Waals surface area (Å²) in [5, 5.41) is 0. The van der Waals surface area contributed by atoms with Gasteiger partial charge < -0.3 is 4.57 Å². The van der Waals surface area contributed by atoms with E-state index < -0.39 is 21.5 Å². The zero-order valence-electron chi connectivity index (χ0n) is 15.0. The fourth-order valence-electron chi connectivity index (χ4n) is 2.78. The lowest BCUT2D eigenvalue weighted by atomic mass is 10.2. The van der Waals surface area contributed by atoms with Gasteiger partial charge in [-0.05, 0) is 30.2 Å². The number of allylic oxidation sites excluding steroid dienone is 1. The van der Waals surface area contributed by atoms with Crippen molar-refractivity contribution in [2.45, 2.75) is 19.2 Å². The Hall–Kier alpha value is -2.51. The minimum atomic E-state index is -3.58. The van der Waals surface area contributed by atoms with E-state index in [9.17, 15) is 13.2 Å². The molecule has 0 radical (unpaired) electrons. The van der Waals surface area contributed by atoms with Crippen LogP contribution in [-0.4, -0.2) is 24.6 Å². The zero-order chi connectivity index (χ0) is 19.4. The van der Waals surface area contributed by atoms with E-state index >= 15 is 0 Å². The summed E-state index contributed by atoms with van der Waals surface area (Å²) in [5.74, 6) is -1.44. The number of hydrogen-bond donors (Lipinski definition) is 0. The van der Waals surface area contributed by atoms with Crippen molar-refractivity contribution in [3.05, 3.63) is 77.1 Å². The van der Waals surface area contributed by atoms with E-state index in [4.69, 9.17) is 0 Å². The third-order valence-corrected chi connectivity index (χ3v) is 6.44. The molecule has 140 valence electrons. The second-order valence-electron chi connectivity index (χ2n) is 6.28. The number of amides is 1. The Morgan fingerprint density at radius 3 is 2.67 bits per heavy atom. The molecule has 2 aromatic carbocycles. The third-order valence-electron chi connectivity index (χ3n) is 3.94. The summed E-state index contributed by atoms with van der Waals surface area (Å²) in [4.78, 5) is 16.9. The van der Waals surface area contributed by atoms with E-state index in [1.165, 1.54) is 11.3 Å². The Bertz CT molecular complexity index is 1160. The molecular weight excluding hydrogens is 380 g/mol.